The van der Waals surface area contributed by atoms with E-state index in [1.54, 1.807) is 31.2 Å². The van der Waals surface area contributed by atoms with Crippen molar-refractivity contribution in [2.75, 3.05) is 0 Å². The molecule has 92 valence electrons. The minimum Gasteiger partial charge on any atom is -0.289 e. The molecule has 0 bridgehead atoms. The average Bonchev–Trinajstić information content (AvgIpc) is 2.35. The first-order valence-electron chi connectivity index (χ1n) is 5.25. The van der Waals surface area contributed by atoms with Gasteiger partial charge < -0.3 is 0 Å². The summed E-state index contributed by atoms with van der Waals surface area (Å²) in [4.78, 5) is 12.2. The molecule has 0 fully saturated rings. The third kappa shape index (κ3) is 2.72. The topological polar surface area (TPSA) is 17.1 Å². The highest BCUT2D eigenvalue weighted by Gasteiger charge is 2.11. The predicted octanol–water partition coefficient (Wildman–Crippen LogP) is 4.62. The highest BCUT2D eigenvalue weighted by molar-refractivity contribution is 14.1. The van der Waals surface area contributed by atoms with Gasteiger partial charge in [0.15, 0.2) is 5.78 Å². The smallest absolute Gasteiger partial charge is 0.193 e. The Morgan fingerprint density at radius 1 is 1.17 bits per heavy atom. The molecule has 2 aromatic rings. The summed E-state index contributed by atoms with van der Waals surface area (Å²) in [6.07, 6.45) is 0. The number of ketones is 1. The highest BCUT2D eigenvalue weighted by Crippen LogP contribution is 2.22. The predicted molar refractivity (Wildman–Crippen MR) is 78.7 cm³/mol. The number of hydrogen-bond donors (Lipinski definition) is 0. The van der Waals surface area contributed by atoms with Gasteiger partial charge in [-0.3, -0.25) is 4.79 Å². The summed E-state index contributed by atoms with van der Waals surface area (Å²) in [6, 6.07) is 9.46. The molecule has 0 atom stereocenters. The molecule has 0 saturated heterocycles. The minimum atomic E-state index is -0.313. The number of aryl methyl sites for hydroxylation is 1. The monoisotopic (exact) mass is 374 g/mol. The van der Waals surface area contributed by atoms with Crippen molar-refractivity contribution < 1.29 is 9.18 Å². The van der Waals surface area contributed by atoms with Crippen LogP contribution in [0.15, 0.2) is 36.4 Å². The van der Waals surface area contributed by atoms with Crippen molar-refractivity contribution in [3.05, 3.63) is 67.5 Å². The maximum absolute atomic E-state index is 13.1. The molecule has 0 spiro atoms. The molecule has 2 rings (SSSR count). The first-order chi connectivity index (χ1) is 8.49. The Hall–Kier alpha value is -0.940. The van der Waals surface area contributed by atoms with Crippen molar-refractivity contribution in [2.24, 2.45) is 0 Å². The molecule has 0 aliphatic rings. The van der Waals surface area contributed by atoms with Crippen LogP contribution in [0.3, 0.4) is 0 Å². The maximum Gasteiger partial charge on any atom is 0.193 e. The molecular formula is C14H9ClFIO. The van der Waals surface area contributed by atoms with Crippen LogP contribution < -0.4 is 0 Å². The van der Waals surface area contributed by atoms with E-state index in [9.17, 15) is 9.18 Å². The zero-order valence-electron chi connectivity index (χ0n) is 9.51. The first kappa shape index (κ1) is 13.5. The Balaban J connectivity index is 2.41. The fourth-order valence-corrected chi connectivity index (χ4v) is 2.11. The summed E-state index contributed by atoms with van der Waals surface area (Å²) in [5, 5.41) is 0.542. The quantitative estimate of drug-likeness (QED) is 0.554. The van der Waals surface area contributed by atoms with Gasteiger partial charge in [-0.1, -0.05) is 11.6 Å². The lowest BCUT2D eigenvalue weighted by Crippen LogP contribution is -2.02. The third-order valence-corrected chi connectivity index (χ3v) is 4.17. The standard InChI is InChI=1S/C14H9ClFIO/c1-8-6-9(2-4-12(8)16)14(18)10-3-5-13(17)11(15)7-10/h2-7H,1H3. The van der Waals surface area contributed by atoms with Crippen LogP contribution in [0, 0.1) is 16.3 Å². The van der Waals surface area contributed by atoms with Crippen molar-refractivity contribution in [3.8, 4) is 0 Å². The van der Waals surface area contributed by atoms with Crippen molar-refractivity contribution in [3.63, 3.8) is 0 Å². The van der Waals surface area contributed by atoms with Crippen LogP contribution in [-0.2, 0) is 0 Å². The molecular weight excluding hydrogens is 366 g/mol. The zero-order chi connectivity index (χ0) is 13.3. The maximum atomic E-state index is 13.1. The largest absolute Gasteiger partial charge is 0.289 e. The second kappa shape index (κ2) is 5.36. The molecule has 1 nitrogen and oxygen atoms in total. The van der Waals surface area contributed by atoms with Crippen LogP contribution in [0.1, 0.15) is 21.5 Å². The van der Waals surface area contributed by atoms with E-state index in [4.69, 9.17) is 11.6 Å². The van der Waals surface area contributed by atoms with Gasteiger partial charge in [0.1, 0.15) is 5.82 Å². The van der Waals surface area contributed by atoms with Gasteiger partial charge in [0.05, 0.1) is 5.02 Å². The van der Waals surface area contributed by atoms with E-state index in [1.807, 2.05) is 0 Å². The van der Waals surface area contributed by atoms with Crippen molar-refractivity contribution in [1.29, 1.82) is 0 Å². The summed E-state index contributed by atoms with van der Waals surface area (Å²) in [5.74, 6) is -0.469. The van der Waals surface area contributed by atoms with E-state index < -0.39 is 0 Å². The average molecular weight is 375 g/mol. The van der Waals surface area contributed by atoms with Crippen molar-refractivity contribution in [2.45, 2.75) is 6.92 Å². The molecule has 0 aliphatic carbocycles. The van der Waals surface area contributed by atoms with Crippen molar-refractivity contribution in [1.82, 2.24) is 0 Å². The second-order valence-corrected chi connectivity index (χ2v) is 5.49. The van der Waals surface area contributed by atoms with Gasteiger partial charge in [-0.25, -0.2) is 4.39 Å². The first-order valence-corrected chi connectivity index (χ1v) is 6.70. The van der Waals surface area contributed by atoms with Gasteiger partial charge in [0.2, 0.25) is 0 Å². The lowest BCUT2D eigenvalue weighted by atomic mass is 10.0. The van der Waals surface area contributed by atoms with Gasteiger partial charge in [-0.05, 0) is 71.5 Å². The number of carbonyl (C=O) groups is 1. The van der Waals surface area contributed by atoms with Crippen LogP contribution in [0.5, 0.6) is 0 Å². The summed E-state index contributed by atoms with van der Waals surface area (Å²) < 4.78 is 14.0. The molecule has 0 aliphatic heterocycles. The Kier molecular flexibility index (Phi) is 4.02. The lowest BCUT2D eigenvalue weighted by molar-refractivity contribution is 0.103. The van der Waals surface area contributed by atoms with Crippen LogP contribution in [0.4, 0.5) is 4.39 Å². The van der Waals surface area contributed by atoms with Crippen LogP contribution in [-0.4, -0.2) is 5.78 Å². The number of benzene rings is 2. The molecule has 18 heavy (non-hydrogen) atoms. The normalized spacial score (nSPS) is 10.4. The van der Waals surface area contributed by atoms with Gasteiger partial charge in [0, 0.05) is 14.7 Å². The van der Waals surface area contributed by atoms with Gasteiger partial charge in [-0.15, -0.1) is 0 Å². The van der Waals surface area contributed by atoms with E-state index in [1.165, 1.54) is 12.1 Å². The summed E-state index contributed by atoms with van der Waals surface area (Å²) >= 11 is 8.08. The molecule has 4 heteroatoms. The van der Waals surface area contributed by atoms with Gasteiger partial charge in [0.25, 0.3) is 0 Å². The lowest BCUT2D eigenvalue weighted by Gasteiger charge is -2.04. The molecule has 0 radical (unpaired) electrons. The molecule has 0 amide bonds. The Morgan fingerprint density at radius 3 is 2.39 bits per heavy atom. The fraction of sp³-hybridized carbons (Fsp3) is 0.0714. The Bertz CT molecular complexity index is 572. The molecule has 0 aromatic heterocycles. The van der Waals surface area contributed by atoms with E-state index in [2.05, 4.69) is 22.6 Å². The SMILES string of the molecule is Cc1cc(C(=O)c2ccc(I)c(Cl)c2)ccc1F. The van der Waals surface area contributed by atoms with Crippen LogP contribution in [0.2, 0.25) is 5.02 Å². The zero-order valence-corrected chi connectivity index (χ0v) is 12.4. The third-order valence-electron chi connectivity index (χ3n) is 2.60. The van der Waals surface area contributed by atoms with Gasteiger partial charge in [-0.2, -0.15) is 0 Å². The molecule has 0 saturated carbocycles. The van der Waals surface area contributed by atoms with E-state index >= 15 is 0 Å². The molecule has 2 aromatic carbocycles. The summed E-state index contributed by atoms with van der Waals surface area (Å²) in [7, 11) is 0. The number of halogens is 3. The van der Waals surface area contributed by atoms with Crippen molar-refractivity contribution >= 4 is 40.0 Å². The highest BCUT2D eigenvalue weighted by atomic mass is 127. The van der Waals surface area contributed by atoms with E-state index in [0.717, 1.165) is 3.57 Å². The molecule has 0 heterocycles. The van der Waals surface area contributed by atoms with Gasteiger partial charge >= 0.3 is 0 Å². The number of carbonyl (C=O) groups excluding carboxylic acids is 1. The Labute approximate surface area is 123 Å². The van der Waals surface area contributed by atoms with E-state index in [0.29, 0.717) is 21.7 Å². The van der Waals surface area contributed by atoms with E-state index in [-0.39, 0.29) is 11.6 Å². The summed E-state index contributed by atoms with van der Waals surface area (Å²) in [5.41, 5.74) is 1.43. The fourth-order valence-electron chi connectivity index (χ4n) is 1.59. The minimum absolute atomic E-state index is 0.156. The molecule has 0 N–H and O–H groups in total. The number of hydrogen-bond acceptors (Lipinski definition) is 1. The second-order valence-electron chi connectivity index (χ2n) is 3.92. The molecule has 0 unspecified atom stereocenters. The summed E-state index contributed by atoms with van der Waals surface area (Å²) in [6.45, 7) is 1.63. The Morgan fingerprint density at radius 2 is 1.78 bits per heavy atom. The van der Waals surface area contributed by atoms with Crippen LogP contribution in [0.25, 0.3) is 0 Å². The number of rotatable bonds is 2. The van der Waals surface area contributed by atoms with Crippen LogP contribution >= 0.6 is 34.2 Å².